The Balaban J connectivity index is 2.04. The van der Waals surface area contributed by atoms with Crippen LogP contribution in [0.3, 0.4) is 0 Å². The highest BCUT2D eigenvalue weighted by Gasteiger charge is 2.17. The van der Waals surface area contributed by atoms with Crippen molar-refractivity contribution in [3.8, 4) is 6.07 Å². The summed E-state index contributed by atoms with van der Waals surface area (Å²) in [7, 11) is 0. The Kier molecular flexibility index (Phi) is 2.67. The molecule has 0 bridgehead atoms. The van der Waals surface area contributed by atoms with Crippen molar-refractivity contribution < 1.29 is 0 Å². The van der Waals surface area contributed by atoms with Crippen molar-refractivity contribution in [3.63, 3.8) is 0 Å². The van der Waals surface area contributed by atoms with E-state index in [1.807, 2.05) is 24.5 Å². The molecule has 6 heteroatoms. The lowest BCUT2D eigenvalue weighted by atomic mass is 10.1. The molecular weight excluding hydrogens is 228 g/mol. The zero-order valence-electron chi connectivity index (χ0n) is 9.70. The molecule has 0 aliphatic carbocycles. The van der Waals surface area contributed by atoms with E-state index in [4.69, 9.17) is 5.26 Å². The first-order chi connectivity index (χ1) is 8.86. The molecule has 3 rings (SSSR count). The summed E-state index contributed by atoms with van der Waals surface area (Å²) in [4.78, 5) is 11.5. The first-order valence-corrected chi connectivity index (χ1v) is 5.77. The number of aromatic nitrogens is 3. The lowest BCUT2D eigenvalue weighted by Crippen LogP contribution is -2.26. The van der Waals surface area contributed by atoms with E-state index in [-0.39, 0.29) is 5.82 Å². The molecule has 0 atom stereocenters. The number of hydrogen-bond donors (Lipinski definition) is 3. The summed E-state index contributed by atoms with van der Waals surface area (Å²) in [6.45, 7) is 1.62. The molecule has 90 valence electrons. The number of rotatable bonds is 2. The van der Waals surface area contributed by atoms with Gasteiger partial charge < -0.3 is 15.6 Å². The van der Waals surface area contributed by atoms with Crippen LogP contribution in [0.5, 0.6) is 0 Å². The predicted octanol–water partition coefficient (Wildman–Crippen LogP) is 1.07. The first-order valence-electron chi connectivity index (χ1n) is 5.77. The molecule has 0 aromatic carbocycles. The van der Waals surface area contributed by atoms with Gasteiger partial charge in [-0.05, 0) is 6.07 Å². The van der Waals surface area contributed by atoms with Crippen molar-refractivity contribution in [2.24, 2.45) is 0 Å². The van der Waals surface area contributed by atoms with Crippen molar-refractivity contribution in [2.45, 2.75) is 13.0 Å². The second-order valence-corrected chi connectivity index (χ2v) is 4.08. The van der Waals surface area contributed by atoms with Gasteiger partial charge in [-0.25, -0.2) is 9.97 Å². The van der Waals surface area contributed by atoms with E-state index in [1.54, 1.807) is 0 Å². The molecule has 0 saturated carbocycles. The smallest absolute Gasteiger partial charge is 0.234 e. The Morgan fingerprint density at radius 3 is 3.11 bits per heavy atom. The number of hydrogen-bond acceptors (Lipinski definition) is 5. The Morgan fingerprint density at radius 1 is 1.39 bits per heavy atom. The van der Waals surface area contributed by atoms with Crippen molar-refractivity contribution in [1.29, 1.82) is 5.26 Å². The fourth-order valence-electron chi connectivity index (χ4n) is 2.03. The van der Waals surface area contributed by atoms with Crippen molar-refractivity contribution in [3.05, 3.63) is 35.5 Å². The molecule has 2 aromatic heterocycles. The summed E-state index contributed by atoms with van der Waals surface area (Å²) in [6, 6.07) is 3.92. The number of fused-ring (bicyclic) bond motifs is 1. The molecule has 0 spiro atoms. The zero-order chi connectivity index (χ0) is 12.4. The van der Waals surface area contributed by atoms with Crippen molar-refractivity contribution in [2.75, 3.05) is 11.9 Å². The summed E-state index contributed by atoms with van der Waals surface area (Å²) < 4.78 is 0. The van der Waals surface area contributed by atoms with E-state index in [0.717, 1.165) is 36.5 Å². The molecule has 0 amide bonds. The van der Waals surface area contributed by atoms with E-state index >= 15 is 0 Å². The second kappa shape index (κ2) is 4.47. The molecule has 0 radical (unpaired) electrons. The Bertz CT molecular complexity index is 596. The third kappa shape index (κ3) is 1.92. The van der Waals surface area contributed by atoms with Gasteiger partial charge in [0, 0.05) is 37.5 Å². The summed E-state index contributed by atoms with van der Waals surface area (Å²) in [5.74, 6) is 0.928. The van der Waals surface area contributed by atoms with Crippen LogP contribution in [0, 0.1) is 11.3 Å². The van der Waals surface area contributed by atoms with Crippen molar-refractivity contribution in [1.82, 2.24) is 20.3 Å². The van der Waals surface area contributed by atoms with Gasteiger partial charge in [-0.15, -0.1) is 0 Å². The number of nitriles is 1. The normalized spacial score (nSPS) is 13.7. The molecule has 2 aromatic rings. The van der Waals surface area contributed by atoms with E-state index in [1.165, 1.54) is 0 Å². The lowest BCUT2D eigenvalue weighted by molar-refractivity contribution is 0.626. The highest BCUT2D eigenvalue weighted by molar-refractivity contribution is 5.60. The van der Waals surface area contributed by atoms with Gasteiger partial charge in [-0.2, -0.15) is 5.26 Å². The molecule has 18 heavy (non-hydrogen) atoms. The number of nitrogens with one attached hydrogen (secondary N) is 3. The van der Waals surface area contributed by atoms with Gasteiger partial charge in [-0.3, -0.25) is 0 Å². The number of anilines is 2. The molecule has 3 heterocycles. The van der Waals surface area contributed by atoms with E-state index in [0.29, 0.717) is 5.82 Å². The van der Waals surface area contributed by atoms with Gasteiger partial charge in [0.05, 0.1) is 11.4 Å². The molecular formula is C12H12N6. The van der Waals surface area contributed by atoms with Gasteiger partial charge in [0.2, 0.25) is 5.82 Å². The maximum atomic E-state index is 8.97. The van der Waals surface area contributed by atoms with Crippen molar-refractivity contribution >= 4 is 11.5 Å². The van der Waals surface area contributed by atoms with Crippen LogP contribution in [0.25, 0.3) is 0 Å². The molecule has 0 unspecified atom stereocenters. The Morgan fingerprint density at radius 2 is 2.33 bits per heavy atom. The number of H-pyrrole nitrogens is 1. The first kappa shape index (κ1) is 10.7. The minimum absolute atomic E-state index is 0.216. The summed E-state index contributed by atoms with van der Waals surface area (Å²) in [5, 5.41) is 15.5. The highest BCUT2D eigenvalue weighted by atomic mass is 15.1. The predicted molar refractivity (Wildman–Crippen MR) is 66.2 cm³/mol. The molecule has 1 aliphatic rings. The molecule has 1 aliphatic heterocycles. The zero-order valence-corrected chi connectivity index (χ0v) is 9.70. The minimum Gasteiger partial charge on any atom is -0.366 e. The van der Waals surface area contributed by atoms with Crippen LogP contribution in [0.15, 0.2) is 18.5 Å². The SMILES string of the molecule is N#Cc1nc2c(c(Nc3cc[nH]c3)n1)CNCC2. The second-order valence-electron chi connectivity index (χ2n) is 4.08. The van der Waals surface area contributed by atoms with Gasteiger partial charge in [0.15, 0.2) is 0 Å². The van der Waals surface area contributed by atoms with Gasteiger partial charge in [0.25, 0.3) is 0 Å². The fourth-order valence-corrected chi connectivity index (χ4v) is 2.03. The summed E-state index contributed by atoms with van der Waals surface area (Å²) >= 11 is 0. The van der Waals surface area contributed by atoms with Gasteiger partial charge >= 0.3 is 0 Å². The Hall–Kier alpha value is -2.39. The lowest BCUT2D eigenvalue weighted by Gasteiger charge is -2.19. The van der Waals surface area contributed by atoms with Gasteiger partial charge in [0.1, 0.15) is 11.9 Å². The van der Waals surface area contributed by atoms with Crippen LogP contribution in [0.2, 0.25) is 0 Å². The van der Waals surface area contributed by atoms with E-state index in [9.17, 15) is 0 Å². The van der Waals surface area contributed by atoms with Crippen LogP contribution >= 0.6 is 0 Å². The quantitative estimate of drug-likeness (QED) is 0.730. The molecule has 3 N–H and O–H groups in total. The van der Waals surface area contributed by atoms with Crippen LogP contribution in [0.1, 0.15) is 17.1 Å². The topological polar surface area (TPSA) is 89.4 Å². The third-order valence-corrected chi connectivity index (χ3v) is 2.89. The average Bonchev–Trinajstić information content (AvgIpc) is 2.91. The standard InChI is InChI=1S/C12H12N6/c13-5-11-17-10-2-4-15-7-9(10)12(18-11)16-8-1-3-14-6-8/h1,3,6,14-15H,2,4,7H2,(H,16,17,18). The maximum absolute atomic E-state index is 8.97. The fraction of sp³-hybridized carbons (Fsp3) is 0.250. The van der Waals surface area contributed by atoms with E-state index < -0.39 is 0 Å². The number of nitrogens with zero attached hydrogens (tertiary/aromatic N) is 3. The minimum atomic E-state index is 0.216. The maximum Gasteiger partial charge on any atom is 0.234 e. The van der Waals surface area contributed by atoms with Crippen LogP contribution in [-0.4, -0.2) is 21.5 Å². The highest BCUT2D eigenvalue weighted by Crippen LogP contribution is 2.23. The van der Waals surface area contributed by atoms with E-state index in [2.05, 4.69) is 25.6 Å². The number of aromatic amines is 1. The largest absolute Gasteiger partial charge is 0.366 e. The van der Waals surface area contributed by atoms with Crippen LogP contribution in [0.4, 0.5) is 11.5 Å². The summed E-state index contributed by atoms with van der Waals surface area (Å²) in [6.07, 6.45) is 4.50. The monoisotopic (exact) mass is 240 g/mol. The molecule has 0 saturated heterocycles. The van der Waals surface area contributed by atoms with Crippen LogP contribution in [-0.2, 0) is 13.0 Å². The third-order valence-electron chi connectivity index (χ3n) is 2.89. The summed E-state index contributed by atoms with van der Waals surface area (Å²) in [5.41, 5.74) is 2.92. The molecule has 6 nitrogen and oxygen atoms in total. The van der Waals surface area contributed by atoms with Crippen LogP contribution < -0.4 is 10.6 Å². The van der Waals surface area contributed by atoms with Gasteiger partial charge in [-0.1, -0.05) is 0 Å². The molecule has 0 fully saturated rings. The average molecular weight is 240 g/mol. The Labute approximate surface area is 104 Å².